The molecule has 1 aliphatic heterocycles. The van der Waals surface area contributed by atoms with Gasteiger partial charge in [-0.25, -0.2) is 4.98 Å². The molecule has 0 unspecified atom stereocenters. The van der Waals surface area contributed by atoms with Crippen molar-refractivity contribution in [1.82, 2.24) is 14.9 Å². The summed E-state index contributed by atoms with van der Waals surface area (Å²) >= 11 is 5.71. The van der Waals surface area contributed by atoms with Crippen LogP contribution in [0.3, 0.4) is 0 Å². The first-order chi connectivity index (χ1) is 8.20. The molecule has 0 bridgehead atoms. The van der Waals surface area contributed by atoms with Gasteiger partial charge in [-0.2, -0.15) is 0 Å². The van der Waals surface area contributed by atoms with Gasteiger partial charge in [-0.15, -0.1) is 0 Å². The van der Waals surface area contributed by atoms with E-state index in [0.29, 0.717) is 18.8 Å². The number of rotatable bonds is 2. The number of ether oxygens (including phenoxy) is 1. The van der Waals surface area contributed by atoms with Crippen molar-refractivity contribution in [2.24, 2.45) is 0 Å². The molecule has 0 aliphatic carbocycles. The second kappa shape index (κ2) is 5.42. The fourth-order valence-electron chi connectivity index (χ4n) is 1.90. The van der Waals surface area contributed by atoms with Crippen LogP contribution in [0.1, 0.15) is 23.3 Å². The third-order valence-electron chi connectivity index (χ3n) is 2.89. The summed E-state index contributed by atoms with van der Waals surface area (Å²) in [6.07, 6.45) is 4.82. The van der Waals surface area contributed by atoms with Crippen molar-refractivity contribution in [3.63, 3.8) is 0 Å². The summed E-state index contributed by atoms with van der Waals surface area (Å²) in [5.74, 6) is -0.116. The average molecular weight is 256 g/mol. The number of hydrogen-bond acceptors (Lipinski definition) is 4. The lowest BCUT2D eigenvalue weighted by molar-refractivity contribution is 0.0347. The Balaban J connectivity index is 2.02. The van der Waals surface area contributed by atoms with Gasteiger partial charge < -0.3 is 9.64 Å². The molecule has 2 rings (SSSR count). The fourth-order valence-corrected chi connectivity index (χ4v) is 2.05. The average Bonchev–Trinajstić information content (AvgIpc) is 2.38. The van der Waals surface area contributed by atoms with Gasteiger partial charge in [0.15, 0.2) is 0 Å². The molecule has 6 heteroatoms. The van der Waals surface area contributed by atoms with Crippen molar-refractivity contribution in [2.75, 3.05) is 20.2 Å². The van der Waals surface area contributed by atoms with Crippen molar-refractivity contribution in [2.45, 2.75) is 18.9 Å². The lowest BCUT2D eigenvalue weighted by Crippen LogP contribution is -2.41. The first kappa shape index (κ1) is 12.3. The number of halogens is 1. The SMILES string of the molecule is COC1CCN(C(=O)c2cncc(Cl)n2)CC1. The normalized spacial score (nSPS) is 17.2. The molecule has 0 spiro atoms. The van der Waals surface area contributed by atoms with Gasteiger partial charge in [0.05, 0.1) is 18.5 Å². The molecular weight excluding hydrogens is 242 g/mol. The molecule has 2 heterocycles. The van der Waals surface area contributed by atoms with Crippen LogP contribution in [0, 0.1) is 0 Å². The summed E-state index contributed by atoms with van der Waals surface area (Å²) in [5, 5.41) is 0.239. The molecule has 1 fully saturated rings. The Kier molecular flexibility index (Phi) is 3.91. The highest BCUT2D eigenvalue weighted by atomic mass is 35.5. The second-order valence-corrected chi connectivity index (χ2v) is 4.34. The van der Waals surface area contributed by atoms with Gasteiger partial charge in [-0.05, 0) is 12.8 Å². The van der Waals surface area contributed by atoms with Crippen LogP contribution in [0.25, 0.3) is 0 Å². The maximum absolute atomic E-state index is 12.1. The van der Waals surface area contributed by atoms with E-state index in [2.05, 4.69) is 9.97 Å². The summed E-state index contributed by atoms with van der Waals surface area (Å²) in [7, 11) is 1.70. The van der Waals surface area contributed by atoms with Crippen LogP contribution >= 0.6 is 11.6 Å². The second-order valence-electron chi connectivity index (χ2n) is 3.95. The maximum atomic E-state index is 12.1. The largest absolute Gasteiger partial charge is 0.381 e. The molecule has 0 saturated carbocycles. The topological polar surface area (TPSA) is 55.3 Å². The van der Waals surface area contributed by atoms with Gasteiger partial charge in [0.1, 0.15) is 10.8 Å². The highest BCUT2D eigenvalue weighted by Gasteiger charge is 2.24. The molecule has 92 valence electrons. The molecule has 1 aromatic heterocycles. The van der Waals surface area contributed by atoms with E-state index in [1.165, 1.54) is 12.4 Å². The Hall–Kier alpha value is -1.20. The van der Waals surface area contributed by atoms with Gasteiger partial charge in [-0.3, -0.25) is 9.78 Å². The van der Waals surface area contributed by atoms with Gasteiger partial charge in [0.2, 0.25) is 0 Å². The van der Waals surface area contributed by atoms with E-state index in [4.69, 9.17) is 16.3 Å². The van der Waals surface area contributed by atoms with E-state index < -0.39 is 0 Å². The maximum Gasteiger partial charge on any atom is 0.274 e. The summed E-state index contributed by atoms with van der Waals surface area (Å²) in [6, 6.07) is 0. The van der Waals surface area contributed by atoms with Crippen LogP contribution in [-0.2, 0) is 4.74 Å². The Morgan fingerprint density at radius 2 is 2.18 bits per heavy atom. The Morgan fingerprint density at radius 3 is 2.76 bits per heavy atom. The number of methoxy groups -OCH3 is 1. The molecule has 0 atom stereocenters. The summed E-state index contributed by atoms with van der Waals surface area (Å²) < 4.78 is 5.26. The van der Waals surface area contributed by atoms with Gasteiger partial charge in [0, 0.05) is 20.2 Å². The number of nitrogens with zero attached hydrogens (tertiary/aromatic N) is 3. The van der Waals surface area contributed by atoms with E-state index in [1.54, 1.807) is 12.0 Å². The Morgan fingerprint density at radius 1 is 1.47 bits per heavy atom. The van der Waals surface area contributed by atoms with Crippen LogP contribution in [0.5, 0.6) is 0 Å². The third-order valence-corrected chi connectivity index (χ3v) is 3.07. The Bertz CT molecular complexity index is 405. The van der Waals surface area contributed by atoms with Crippen molar-refractivity contribution < 1.29 is 9.53 Å². The number of carbonyl (C=O) groups is 1. The highest BCUT2D eigenvalue weighted by molar-refractivity contribution is 6.29. The lowest BCUT2D eigenvalue weighted by Gasteiger charge is -2.30. The zero-order valence-corrected chi connectivity index (χ0v) is 10.4. The molecular formula is C11H14ClN3O2. The van der Waals surface area contributed by atoms with Crippen molar-refractivity contribution in [3.8, 4) is 0 Å². The van der Waals surface area contributed by atoms with Crippen molar-refractivity contribution in [3.05, 3.63) is 23.2 Å². The monoisotopic (exact) mass is 255 g/mol. The summed E-state index contributed by atoms with van der Waals surface area (Å²) in [5.41, 5.74) is 0.299. The van der Waals surface area contributed by atoms with Crippen LogP contribution in [0.4, 0.5) is 0 Å². The molecule has 1 aliphatic rings. The highest BCUT2D eigenvalue weighted by Crippen LogP contribution is 2.15. The fraction of sp³-hybridized carbons (Fsp3) is 0.545. The number of hydrogen-bond donors (Lipinski definition) is 0. The zero-order chi connectivity index (χ0) is 12.3. The number of likely N-dealkylation sites (tertiary alicyclic amines) is 1. The summed E-state index contributed by atoms with van der Waals surface area (Å²) in [4.78, 5) is 21.7. The van der Waals surface area contributed by atoms with Gasteiger partial charge >= 0.3 is 0 Å². The number of carbonyl (C=O) groups excluding carboxylic acids is 1. The molecule has 5 nitrogen and oxygen atoms in total. The molecule has 1 saturated heterocycles. The number of amides is 1. The van der Waals surface area contributed by atoms with E-state index in [0.717, 1.165) is 12.8 Å². The van der Waals surface area contributed by atoms with Crippen LogP contribution in [0.2, 0.25) is 5.15 Å². The number of piperidine rings is 1. The Labute approximate surface area is 105 Å². The summed E-state index contributed by atoms with van der Waals surface area (Å²) in [6.45, 7) is 1.37. The smallest absolute Gasteiger partial charge is 0.274 e. The predicted molar refractivity (Wildman–Crippen MR) is 63.0 cm³/mol. The van der Waals surface area contributed by atoms with E-state index in [1.807, 2.05) is 0 Å². The van der Waals surface area contributed by atoms with Crippen LogP contribution < -0.4 is 0 Å². The standard InChI is InChI=1S/C11H14ClN3O2/c1-17-8-2-4-15(5-3-8)11(16)9-6-13-7-10(12)14-9/h6-8H,2-5H2,1H3. The van der Waals surface area contributed by atoms with Crippen molar-refractivity contribution in [1.29, 1.82) is 0 Å². The minimum absolute atomic E-state index is 0.116. The molecule has 0 N–H and O–H groups in total. The quantitative estimate of drug-likeness (QED) is 0.801. The zero-order valence-electron chi connectivity index (χ0n) is 9.60. The van der Waals surface area contributed by atoms with Crippen LogP contribution in [0.15, 0.2) is 12.4 Å². The van der Waals surface area contributed by atoms with E-state index in [-0.39, 0.29) is 17.2 Å². The van der Waals surface area contributed by atoms with E-state index in [9.17, 15) is 4.79 Å². The minimum atomic E-state index is -0.116. The van der Waals surface area contributed by atoms with Gasteiger partial charge in [0.25, 0.3) is 5.91 Å². The molecule has 1 amide bonds. The molecule has 1 aromatic rings. The van der Waals surface area contributed by atoms with Crippen molar-refractivity contribution >= 4 is 17.5 Å². The third kappa shape index (κ3) is 2.92. The molecule has 17 heavy (non-hydrogen) atoms. The van der Waals surface area contributed by atoms with E-state index >= 15 is 0 Å². The molecule has 0 aromatic carbocycles. The first-order valence-electron chi connectivity index (χ1n) is 5.50. The minimum Gasteiger partial charge on any atom is -0.381 e. The lowest BCUT2D eigenvalue weighted by atomic mass is 10.1. The van der Waals surface area contributed by atoms with Crippen LogP contribution in [-0.4, -0.2) is 47.1 Å². The molecule has 0 radical (unpaired) electrons. The first-order valence-corrected chi connectivity index (χ1v) is 5.88. The van der Waals surface area contributed by atoms with Gasteiger partial charge in [-0.1, -0.05) is 11.6 Å². The number of aromatic nitrogens is 2. The predicted octanol–water partition coefficient (Wildman–Crippen LogP) is 1.38.